The smallest absolute Gasteiger partial charge is 0.263 e. The normalized spacial score (nSPS) is 18.3. The Bertz CT molecular complexity index is 796. The van der Waals surface area contributed by atoms with Crippen LogP contribution in [0.2, 0.25) is 0 Å². The lowest BCUT2D eigenvalue weighted by molar-refractivity contribution is -0.138. The standard InChI is InChI=1S/C21H26N4O2/c1-15-4-3-5-18(14-15)27-16(2)21(26)25-12-10-24(11-13-25)20-9-8-19(22-23-20)17-6-7-17/h3-5,8-9,14,16-17H,6-7,10-13H2,1-2H3. The molecular formula is C21H26N4O2. The van der Waals surface area contributed by atoms with Crippen molar-refractivity contribution in [2.24, 2.45) is 0 Å². The zero-order valence-corrected chi connectivity index (χ0v) is 16.0. The van der Waals surface area contributed by atoms with E-state index in [1.54, 1.807) is 0 Å². The van der Waals surface area contributed by atoms with Crippen molar-refractivity contribution >= 4 is 11.7 Å². The number of aryl methyl sites for hydroxylation is 1. The minimum Gasteiger partial charge on any atom is -0.481 e. The number of carbonyl (C=O) groups excluding carboxylic acids is 1. The van der Waals surface area contributed by atoms with Crippen LogP contribution >= 0.6 is 0 Å². The van der Waals surface area contributed by atoms with Gasteiger partial charge in [-0.05, 0) is 56.5 Å². The first-order valence-electron chi connectivity index (χ1n) is 9.71. The molecule has 27 heavy (non-hydrogen) atoms. The fraction of sp³-hybridized carbons (Fsp3) is 0.476. The van der Waals surface area contributed by atoms with Gasteiger partial charge in [0.15, 0.2) is 11.9 Å². The number of rotatable bonds is 5. The molecule has 1 aromatic carbocycles. The lowest BCUT2D eigenvalue weighted by Gasteiger charge is -2.36. The van der Waals surface area contributed by atoms with E-state index in [0.717, 1.165) is 35.9 Å². The van der Waals surface area contributed by atoms with E-state index in [4.69, 9.17) is 4.74 Å². The summed E-state index contributed by atoms with van der Waals surface area (Å²) in [5, 5.41) is 8.74. The molecule has 0 radical (unpaired) electrons. The number of carbonyl (C=O) groups is 1. The summed E-state index contributed by atoms with van der Waals surface area (Å²) >= 11 is 0. The van der Waals surface area contributed by atoms with Crippen LogP contribution in [0.1, 0.15) is 36.9 Å². The number of ether oxygens (including phenoxy) is 1. The van der Waals surface area contributed by atoms with E-state index in [1.807, 2.05) is 43.0 Å². The van der Waals surface area contributed by atoms with Gasteiger partial charge in [-0.15, -0.1) is 5.10 Å². The monoisotopic (exact) mass is 366 g/mol. The highest BCUT2D eigenvalue weighted by atomic mass is 16.5. The Morgan fingerprint density at radius 1 is 1.11 bits per heavy atom. The van der Waals surface area contributed by atoms with Crippen molar-refractivity contribution in [3.05, 3.63) is 47.7 Å². The molecule has 1 saturated carbocycles. The Morgan fingerprint density at radius 3 is 2.52 bits per heavy atom. The molecule has 2 heterocycles. The molecule has 2 aromatic rings. The number of piperazine rings is 1. The Hall–Kier alpha value is -2.63. The average Bonchev–Trinajstić information content (AvgIpc) is 3.53. The van der Waals surface area contributed by atoms with Crippen LogP contribution in [0.4, 0.5) is 5.82 Å². The van der Waals surface area contributed by atoms with Gasteiger partial charge in [-0.3, -0.25) is 4.79 Å². The van der Waals surface area contributed by atoms with Crippen molar-refractivity contribution in [1.82, 2.24) is 15.1 Å². The molecule has 2 aliphatic rings. The maximum atomic E-state index is 12.7. The van der Waals surface area contributed by atoms with Crippen LogP contribution in [-0.4, -0.2) is 53.3 Å². The van der Waals surface area contributed by atoms with Gasteiger partial charge in [-0.1, -0.05) is 12.1 Å². The lowest BCUT2D eigenvalue weighted by atomic mass is 10.2. The highest BCUT2D eigenvalue weighted by molar-refractivity contribution is 5.81. The summed E-state index contributed by atoms with van der Waals surface area (Å²) < 4.78 is 5.84. The SMILES string of the molecule is Cc1cccc(OC(C)C(=O)N2CCN(c3ccc(C4CC4)nn3)CC2)c1. The molecule has 0 N–H and O–H groups in total. The highest BCUT2D eigenvalue weighted by Gasteiger charge is 2.28. The molecule has 0 spiro atoms. The minimum absolute atomic E-state index is 0.0336. The summed E-state index contributed by atoms with van der Waals surface area (Å²) in [6.07, 6.45) is 1.98. The van der Waals surface area contributed by atoms with E-state index >= 15 is 0 Å². The van der Waals surface area contributed by atoms with E-state index in [1.165, 1.54) is 12.8 Å². The second-order valence-electron chi connectivity index (χ2n) is 7.48. The predicted molar refractivity (Wildman–Crippen MR) is 104 cm³/mol. The van der Waals surface area contributed by atoms with Gasteiger partial charge in [0.1, 0.15) is 5.75 Å². The summed E-state index contributed by atoms with van der Waals surface area (Å²) in [6, 6.07) is 11.9. The molecule has 1 aliphatic heterocycles. The van der Waals surface area contributed by atoms with Gasteiger partial charge in [0.05, 0.1) is 5.69 Å². The second-order valence-corrected chi connectivity index (χ2v) is 7.48. The molecule has 142 valence electrons. The number of amides is 1. The molecule has 1 aliphatic carbocycles. The first-order valence-corrected chi connectivity index (χ1v) is 9.71. The second kappa shape index (κ2) is 7.55. The van der Waals surface area contributed by atoms with Gasteiger partial charge < -0.3 is 14.5 Å². The van der Waals surface area contributed by atoms with Crippen LogP contribution in [0, 0.1) is 6.92 Å². The Balaban J connectivity index is 1.30. The molecule has 1 unspecified atom stereocenters. The summed E-state index contributed by atoms with van der Waals surface area (Å²) in [5.41, 5.74) is 2.23. The first-order chi connectivity index (χ1) is 13.1. The average molecular weight is 366 g/mol. The van der Waals surface area contributed by atoms with Gasteiger partial charge in [0.2, 0.25) is 0 Å². The summed E-state index contributed by atoms with van der Waals surface area (Å²) in [5.74, 6) is 2.29. The summed E-state index contributed by atoms with van der Waals surface area (Å²) in [4.78, 5) is 16.8. The van der Waals surface area contributed by atoms with E-state index in [9.17, 15) is 4.79 Å². The Kier molecular flexibility index (Phi) is 4.97. The third kappa shape index (κ3) is 4.21. The zero-order chi connectivity index (χ0) is 18.8. The van der Waals surface area contributed by atoms with Gasteiger partial charge in [0, 0.05) is 32.1 Å². The first kappa shape index (κ1) is 17.8. The Morgan fingerprint density at radius 2 is 1.89 bits per heavy atom. The van der Waals surface area contributed by atoms with Crippen LogP contribution in [0.25, 0.3) is 0 Å². The van der Waals surface area contributed by atoms with Crippen molar-refractivity contribution in [2.45, 2.75) is 38.7 Å². The zero-order valence-electron chi connectivity index (χ0n) is 16.0. The van der Waals surface area contributed by atoms with Crippen molar-refractivity contribution < 1.29 is 9.53 Å². The van der Waals surface area contributed by atoms with Crippen LogP contribution < -0.4 is 9.64 Å². The molecule has 6 nitrogen and oxygen atoms in total. The number of aromatic nitrogens is 2. The predicted octanol–water partition coefficient (Wildman–Crippen LogP) is 2.78. The van der Waals surface area contributed by atoms with Crippen molar-refractivity contribution in [3.8, 4) is 5.75 Å². The lowest BCUT2D eigenvalue weighted by Crippen LogP contribution is -2.52. The largest absolute Gasteiger partial charge is 0.481 e. The van der Waals surface area contributed by atoms with Crippen molar-refractivity contribution in [3.63, 3.8) is 0 Å². The van der Waals surface area contributed by atoms with Gasteiger partial charge in [0.25, 0.3) is 5.91 Å². The third-order valence-corrected chi connectivity index (χ3v) is 5.23. The molecular weight excluding hydrogens is 340 g/mol. The number of hydrogen-bond acceptors (Lipinski definition) is 5. The molecule has 0 bridgehead atoms. The number of nitrogens with zero attached hydrogens (tertiary/aromatic N) is 4. The van der Waals surface area contributed by atoms with Crippen LogP contribution in [-0.2, 0) is 4.79 Å². The quantitative estimate of drug-likeness (QED) is 0.814. The maximum absolute atomic E-state index is 12.7. The van der Waals surface area contributed by atoms with E-state index in [0.29, 0.717) is 19.0 Å². The van der Waals surface area contributed by atoms with Crippen molar-refractivity contribution in [1.29, 1.82) is 0 Å². The topological polar surface area (TPSA) is 58.6 Å². The fourth-order valence-electron chi connectivity index (χ4n) is 3.46. The van der Waals surface area contributed by atoms with Crippen LogP contribution in [0.5, 0.6) is 5.75 Å². The van der Waals surface area contributed by atoms with Crippen LogP contribution in [0.3, 0.4) is 0 Å². The minimum atomic E-state index is -0.490. The van der Waals surface area contributed by atoms with E-state index in [2.05, 4.69) is 27.2 Å². The Labute approximate surface area is 160 Å². The van der Waals surface area contributed by atoms with Gasteiger partial charge in [-0.2, -0.15) is 5.10 Å². The molecule has 4 rings (SSSR count). The van der Waals surface area contributed by atoms with Gasteiger partial charge in [-0.25, -0.2) is 0 Å². The van der Waals surface area contributed by atoms with Crippen molar-refractivity contribution in [2.75, 3.05) is 31.1 Å². The summed E-state index contributed by atoms with van der Waals surface area (Å²) in [7, 11) is 0. The molecule has 1 amide bonds. The molecule has 2 fully saturated rings. The van der Waals surface area contributed by atoms with Gasteiger partial charge >= 0.3 is 0 Å². The number of benzene rings is 1. The molecule has 1 atom stereocenters. The van der Waals surface area contributed by atoms with E-state index in [-0.39, 0.29) is 5.91 Å². The number of hydrogen-bond donors (Lipinski definition) is 0. The third-order valence-electron chi connectivity index (χ3n) is 5.23. The summed E-state index contributed by atoms with van der Waals surface area (Å²) in [6.45, 7) is 6.71. The van der Waals surface area contributed by atoms with E-state index < -0.39 is 6.10 Å². The molecule has 1 saturated heterocycles. The molecule has 1 aromatic heterocycles. The number of anilines is 1. The highest BCUT2D eigenvalue weighted by Crippen LogP contribution is 2.38. The molecule has 6 heteroatoms. The maximum Gasteiger partial charge on any atom is 0.263 e. The van der Waals surface area contributed by atoms with Crippen LogP contribution in [0.15, 0.2) is 36.4 Å². The fourth-order valence-corrected chi connectivity index (χ4v) is 3.46.